The van der Waals surface area contributed by atoms with E-state index in [4.69, 9.17) is 11.6 Å². The van der Waals surface area contributed by atoms with Crippen molar-refractivity contribution in [2.75, 3.05) is 24.5 Å². The molecule has 8 nitrogen and oxygen atoms in total. The predicted molar refractivity (Wildman–Crippen MR) is 135 cm³/mol. The SMILES string of the molecule is Cc1ccc(S(=O)(=O)N2CCCCC2)c(C)c1N1CCc2cnn(S(=O)(=O)c3ccc(Cl)cc3)c21. The summed E-state index contributed by atoms with van der Waals surface area (Å²) in [5, 5.41) is 4.65. The van der Waals surface area contributed by atoms with Crippen LogP contribution in [0.25, 0.3) is 0 Å². The highest BCUT2D eigenvalue weighted by Gasteiger charge is 2.35. The first-order valence-corrected chi connectivity index (χ1v) is 14.8. The van der Waals surface area contributed by atoms with E-state index in [9.17, 15) is 16.8 Å². The lowest BCUT2D eigenvalue weighted by atomic mass is 10.1. The van der Waals surface area contributed by atoms with Crippen LogP contribution < -0.4 is 4.90 Å². The minimum absolute atomic E-state index is 0.0783. The molecule has 0 amide bonds. The van der Waals surface area contributed by atoms with Gasteiger partial charge in [-0.3, -0.25) is 0 Å². The van der Waals surface area contributed by atoms with Gasteiger partial charge in [-0.2, -0.15) is 17.8 Å². The minimum atomic E-state index is -3.98. The van der Waals surface area contributed by atoms with Gasteiger partial charge >= 0.3 is 0 Å². The van der Waals surface area contributed by atoms with Gasteiger partial charge in [-0.05, 0) is 74.6 Å². The summed E-state index contributed by atoms with van der Waals surface area (Å²) in [6.45, 7) is 5.27. The van der Waals surface area contributed by atoms with E-state index in [0.29, 0.717) is 48.1 Å². The van der Waals surface area contributed by atoms with Gasteiger partial charge in [0.05, 0.1) is 16.0 Å². The van der Waals surface area contributed by atoms with Crippen molar-refractivity contribution in [1.82, 2.24) is 13.5 Å². The normalized spacial score (nSPS) is 17.1. The Kier molecular flexibility index (Phi) is 6.19. The number of benzene rings is 2. The molecule has 35 heavy (non-hydrogen) atoms. The van der Waals surface area contributed by atoms with Crippen LogP contribution in [-0.2, 0) is 26.5 Å². The molecule has 1 saturated heterocycles. The molecule has 186 valence electrons. The average Bonchev–Trinajstić information content (AvgIpc) is 3.43. The maximum Gasteiger partial charge on any atom is 0.284 e. The van der Waals surface area contributed by atoms with Crippen molar-refractivity contribution in [3.05, 3.63) is 64.3 Å². The van der Waals surface area contributed by atoms with Gasteiger partial charge in [0, 0.05) is 35.9 Å². The maximum absolute atomic E-state index is 13.5. The zero-order chi connectivity index (χ0) is 25.0. The number of aryl methyl sites for hydroxylation is 1. The van der Waals surface area contributed by atoms with E-state index in [1.807, 2.05) is 11.8 Å². The van der Waals surface area contributed by atoms with E-state index >= 15 is 0 Å². The Balaban J connectivity index is 1.61. The Morgan fingerprint density at radius 3 is 2.23 bits per heavy atom. The van der Waals surface area contributed by atoms with Gasteiger partial charge in [0.25, 0.3) is 10.0 Å². The molecule has 11 heteroatoms. The summed E-state index contributed by atoms with van der Waals surface area (Å²) < 4.78 is 56.6. The number of anilines is 2. The number of piperidine rings is 1. The molecule has 1 fully saturated rings. The molecule has 3 heterocycles. The van der Waals surface area contributed by atoms with Gasteiger partial charge in [-0.15, -0.1) is 4.09 Å². The van der Waals surface area contributed by atoms with E-state index in [1.165, 1.54) is 24.3 Å². The third kappa shape index (κ3) is 4.06. The van der Waals surface area contributed by atoms with Crippen LogP contribution in [0.4, 0.5) is 11.5 Å². The Morgan fingerprint density at radius 1 is 0.857 bits per heavy atom. The van der Waals surface area contributed by atoms with Gasteiger partial charge in [-0.1, -0.05) is 24.1 Å². The number of nitrogens with zero attached hydrogens (tertiary/aromatic N) is 4. The molecular formula is C24H27ClN4O4S2. The molecule has 3 aromatic rings. The zero-order valence-electron chi connectivity index (χ0n) is 19.6. The third-order valence-electron chi connectivity index (χ3n) is 6.77. The van der Waals surface area contributed by atoms with Gasteiger partial charge in [0.2, 0.25) is 10.0 Å². The molecule has 0 N–H and O–H groups in total. The molecule has 0 saturated carbocycles. The maximum atomic E-state index is 13.5. The molecule has 2 aromatic carbocycles. The van der Waals surface area contributed by atoms with Crippen molar-refractivity contribution in [1.29, 1.82) is 0 Å². The molecule has 1 aromatic heterocycles. The van der Waals surface area contributed by atoms with Crippen LogP contribution in [-0.4, -0.2) is 50.0 Å². The first-order valence-electron chi connectivity index (χ1n) is 11.6. The second-order valence-corrected chi connectivity index (χ2v) is 13.1. The van der Waals surface area contributed by atoms with Crippen molar-refractivity contribution in [2.45, 2.75) is 49.3 Å². The Morgan fingerprint density at radius 2 is 1.54 bits per heavy atom. The van der Waals surface area contributed by atoms with Crippen molar-refractivity contribution >= 4 is 43.2 Å². The van der Waals surface area contributed by atoms with Crippen LogP contribution >= 0.6 is 11.6 Å². The molecule has 0 spiro atoms. The van der Waals surface area contributed by atoms with E-state index in [-0.39, 0.29) is 9.79 Å². The highest BCUT2D eigenvalue weighted by Crippen LogP contribution is 2.41. The summed E-state index contributed by atoms with van der Waals surface area (Å²) in [6, 6.07) is 9.42. The second-order valence-electron chi connectivity index (χ2n) is 9.02. The molecular weight excluding hydrogens is 508 g/mol. The summed E-state index contributed by atoms with van der Waals surface area (Å²) in [7, 11) is -7.64. The summed E-state index contributed by atoms with van der Waals surface area (Å²) in [5.74, 6) is 0.443. The molecule has 0 aliphatic carbocycles. The van der Waals surface area contributed by atoms with E-state index < -0.39 is 20.0 Å². The molecule has 0 bridgehead atoms. The van der Waals surface area contributed by atoms with Gasteiger partial charge in [-0.25, -0.2) is 8.42 Å². The highest BCUT2D eigenvalue weighted by molar-refractivity contribution is 7.90. The lowest BCUT2D eigenvalue weighted by molar-refractivity contribution is 0.346. The zero-order valence-corrected chi connectivity index (χ0v) is 22.0. The molecule has 2 aliphatic rings. The van der Waals surface area contributed by atoms with Gasteiger partial charge < -0.3 is 4.90 Å². The topological polar surface area (TPSA) is 92.6 Å². The monoisotopic (exact) mass is 534 g/mol. The van der Waals surface area contributed by atoms with Crippen LogP contribution in [0.2, 0.25) is 5.02 Å². The Hall–Kier alpha value is -2.40. The van der Waals surface area contributed by atoms with Crippen LogP contribution in [0, 0.1) is 13.8 Å². The fourth-order valence-electron chi connectivity index (χ4n) is 5.00. The number of rotatable bonds is 5. The van der Waals surface area contributed by atoms with Crippen molar-refractivity contribution < 1.29 is 16.8 Å². The van der Waals surface area contributed by atoms with E-state index in [2.05, 4.69) is 5.10 Å². The largest absolute Gasteiger partial charge is 0.325 e. The molecule has 0 atom stereocenters. The van der Waals surface area contributed by atoms with Crippen LogP contribution in [0.5, 0.6) is 0 Å². The predicted octanol–water partition coefficient (Wildman–Crippen LogP) is 4.26. The first-order chi connectivity index (χ1) is 16.6. The highest BCUT2D eigenvalue weighted by atomic mass is 35.5. The van der Waals surface area contributed by atoms with Gasteiger partial charge in [0.15, 0.2) is 5.82 Å². The summed E-state index contributed by atoms with van der Waals surface area (Å²) in [5.41, 5.74) is 2.98. The van der Waals surface area contributed by atoms with Crippen molar-refractivity contribution in [3.8, 4) is 0 Å². The number of aromatic nitrogens is 2. The quantitative estimate of drug-likeness (QED) is 0.485. The minimum Gasteiger partial charge on any atom is -0.325 e. The first kappa shape index (κ1) is 24.3. The molecule has 0 unspecified atom stereocenters. The molecule has 0 radical (unpaired) electrons. The second kappa shape index (κ2) is 8.92. The van der Waals surface area contributed by atoms with Crippen LogP contribution in [0.1, 0.15) is 36.0 Å². The summed E-state index contributed by atoms with van der Waals surface area (Å²) in [6.07, 6.45) is 4.92. The lowest BCUT2D eigenvalue weighted by Crippen LogP contribution is -2.36. The van der Waals surface area contributed by atoms with Crippen LogP contribution in [0.15, 0.2) is 52.4 Å². The lowest BCUT2D eigenvalue weighted by Gasteiger charge is -2.29. The fourth-order valence-corrected chi connectivity index (χ4v) is 8.17. The fraction of sp³-hybridized carbons (Fsp3) is 0.375. The number of hydrogen-bond donors (Lipinski definition) is 0. The Bertz CT molecular complexity index is 1490. The number of sulfonamides is 1. The number of halogens is 1. The van der Waals surface area contributed by atoms with Gasteiger partial charge in [0.1, 0.15) is 0 Å². The van der Waals surface area contributed by atoms with E-state index in [0.717, 1.165) is 34.5 Å². The van der Waals surface area contributed by atoms with Crippen molar-refractivity contribution in [2.24, 2.45) is 0 Å². The molecule has 2 aliphatic heterocycles. The smallest absolute Gasteiger partial charge is 0.284 e. The summed E-state index contributed by atoms with van der Waals surface area (Å²) in [4.78, 5) is 2.23. The standard InChI is InChI=1S/C24H27ClN4O4S2/c1-17-6-11-22(35(32,33)27-13-4-3-5-14-27)18(2)23(17)28-15-12-19-16-26-29(24(19)28)34(30,31)21-9-7-20(25)8-10-21/h6-11,16H,3-5,12-15H2,1-2H3. The third-order valence-corrected chi connectivity index (χ3v) is 10.7. The summed E-state index contributed by atoms with van der Waals surface area (Å²) >= 11 is 5.95. The van der Waals surface area contributed by atoms with Crippen LogP contribution in [0.3, 0.4) is 0 Å². The number of fused-ring (bicyclic) bond motifs is 1. The Labute approximate surface area is 211 Å². The number of hydrogen-bond acceptors (Lipinski definition) is 6. The van der Waals surface area contributed by atoms with E-state index in [1.54, 1.807) is 29.6 Å². The van der Waals surface area contributed by atoms with Crippen molar-refractivity contribution in [3.63, 3.8) is 0 Å². The average molecular weight is 535 g/mol. The molecule has 5 rings (SSSR count).